The molecule has 4 heteroatoms. The molecule has 0 aliphatic heterocycles. The molecule has 78 valence electrons. The Morgan fingerprint density at radius 3 is 2.80 bits per heavy atom. The van der Waals surface area contributed by atoms with Gasteiger partial charge in [-0.05, 0) is 12.8 Å². The van der Waals surface area contributed by atoms with E-state index in [0.29, 0.717) is 11.8 Å². The predicted octanol–water partition coefficient (Wildman–Crippen LogP) is 1.56. The normalized spacial score (nSPS) is 14.5. The van der Waals surface area contributed by atoms with E-state index in [4.69, 9.17) is 10.00 Å². The zero-order chi connectivity index (χ0) is 10.8. The number of hydrogen-bond donors (Lipinski definition) is 0. The van der Waals surface area contributed by atoms with Crippen LogP contribution < -0.4 is 9.64 Å². The standard InChI is InChI=1S/C11H13N3O/c1-14(2)10-5-8(6-12)13-7-11(10)15-9-3-4-9/h5,7,9H,3-4H2,1-2H3. The van der Waals surface area contributed by atoms with Crippen LogP contribution in [-0.4, -0.2) is 25.2 Å². The number of ether oxygens (including phenoxy) is 1. The average molecular weight is 203 g/mol. The number of anilines is 1. The molecule has 4 nitrogen and oxygen atoms in total. The molecule has 15 heavy (non-hydrogen) atoms. The first kappa shape index (κ1) is 9.78. The van der Waals surface area contributed by atoms with Crippen LogP contribution in [0.4, 0.5) is 5.69 Å². The van der Waals surface area contributed by atoms with Gasteiger partial charge in [-0.3, -0.25) is 0 Å². The van der Waals surface area contributed by atoms with Crippen molar-refractivity contribution in [2.75, 3.05) is 19.0 Å². The van der Waals surface area contributed by atoms with Crippen molar-refractivity contribution in [3.05, 3.63) is 18.0 Å². The first-order valence-corrected chi connectivity index (χ1v) is 4.95. The molecule has 0 atom stereocenters. The van der Waals surface area contributed by atoms with Crippen LogP contribution in [0.5, 0.6) is 5.75 Å². The van der Waals surface area contributed by atoms with Crippen LogP contribution in [0.3, 0.4) is 0 Å². The minimum absolute atomic E-state index is 0.346. The highest BCUT2D eigenvalue weighted by atomic mass is 16.5. The second kappa shape index (κ2) is 3.77. The lowest BCUT2D eigenvalue weighted by Gasteiger charge is -2.17. The molecule has 1 saturated carbocycles. The molecular formula is C11H13N3O. The molecule has 0 amide bonds. The Morgan fingerprint density at radius 2 is 2.27 bits per heavy atom. The lowest BCUT2D eigenvalue weighted by Crippen LogP contribution is -2.12. The molecule has 0 N–H and O–H groups in total. The third-order valence-corrected chi connectivity index (χ3v) is 2.26. The van der Waals surface area contributed by atoms with E-state index in [2.05, 4.69) is 4.98 Å². The lowest BCUT2D eigenvalue weighted by atomic mass is 10.3. The third-order valence-electron chi connectivity index (χ3n) is 2.26. The largest absolute Gasteiger partial charge is 0.487 e. The second-order valence-corrected chi connectivity index (χ2v) is 3.86. The van der Waals surface area contributed by atoms with Gasteiger partial charge < -0.3 is 9.64 Å². The summed E-state index contributed by atoms with van der Waals surface area (Å²) in [6, 6.07) is 3.77. The van der Waals surface area contributed by atoms with Crippen molar-refractivity contribution in [3.63, 3.8) is 0 Å². The molecule has 0 spiro atoms. The van der Waals surface area contributed by atoms with Crippen LogP contribution >= 0.6 is 0 Å². The van der Waals surface area contributed by atoms with Gasteiger partial charge in [0.15, 0.2) is 5.75 Å². The van der Waals surface area contributed by atoms with Crippen molar-refractivity contribution in [1.82, 2.24) is 4.98 Å². The maximum absolute atomic E-state index is 8.76. The summed E-state index contributed by atoms with van der Waals surface area (Å²) in [7, 11) is 3.85. The molecule has 1 aromatic heterocycles. The first-order chi connectivity index (χ1) is 7.20. The molecular weight excluding hydrogens is 190 g/mol. The number of hydrogen-bond acceptors (Lipinski definition) is 4. The number of pyridine rings is 1. The van der Waals surface area contributed by atoms with Crippen LogP contribution in [0.15, 0.2) is 12.3 Å². The Labute approximate surface area is 89.1 Å². The van der Waals surface area contributed by atoms with Crippen LogP contribution in [0.1, 0.15) is 18.5 Å². The average Bonchev–Trinajstić information content (AvgIpc) is 3.02. The maximum Gasteiger partial charge on any atom is 0.161 e. The van der Waals surface area contributed by atoms with Crippen LogP contribution in [-0.2, 0) is 0 Å². The lowest BCUT2D eigenvalue weighted by molar-refractivity contribution is 0.302. The molecule has 1 fully saturated rings. The van der Waals surface area contributed by atoms with Crippen molar-refractivity contribution in [2.24, 2.45) is 0 Å². The molecule has 0 saturated heterocycles. The molecule has 1 aliphatic carbocycles. The van der Waals surface area contributed by atoms with Gasteiger partial charge >= 0.3 is 0 Å². The molecule has 1 aliphatic rings. The summed E-state index contributed by atoms with van der Waals surface area (Å²) in [6.07, 6.45) is 4.21. The Kier molecular flexibility index (Phi) is 2.46. The van der Waals surface area contributed by atoms with E-state index in [1.54, 1.807) is 12.3 Å². The van der Waals surface area contributed by atoms with Crippen LogP contribution in [0.25, 0.3) is 0 Å². The van der Waals surface area contributed by atoms with E-state index in [-0.39, 0.29) is 0 Å². The van der Waals surface area contributed by atoms with Gasteiger partial charge in [0.05, 0.1) is 18.0 Å². The Hall–Kier alpha value is -1.76. The molecule has 2 rings (SSSR count). The van der Waals surface area contributed by atoms with E-state index in [9.17, 15) is 0 Å². The highest BCUT2D eigenvalue weighted by Crippen LogP contribution is 2.32. The first-order valence-electron chi connectivity index (χ1n) is 4.95. The Bertz CT molecular complexity index is 405. The summed E-state index contributed by atoms with van der Waals surface area (Å²) >= 11 is 0. The topological polar surface area (TPSA) is 49.2 Å². The highest BCUT2D eigenvalue weighted by Gasteiger charge is 2.25. The third kappa shape index (κ3) is 2.18. The molecule has 0 radical (unpaired) electrons. The summed E-state index contributed by atoms with van der Waals surface area (Å²) in [4.78, 5) is 5.94. The quantitative estimate of drug-likeness (QED) is 0.748. The smallest absolute Gasteiger partial charge is 0.161 e. The fourth-order valence-corrected chi connectivity index (χ4v) is 1.30. The Balaban J connectivity index is 2.30. The van der Waals surface area contributed by atoms with Crippen molar-refractivity contribution < 1.29 is 4.74 Å². The van der Waals surface area contributed by atoms with Crippen molar-refractivity contribution in [1.29, 1.82) is 5.26 Å². The van der Waals surface area contributed by atoms with E-state index in [1.165, 1.54) is 0 Å². The summed E-state index contributed by atoms with van der Waals surface area (Å²) in [5.41, 5.74) is 1.33. The molecule has 0 bridgehead atoms. The van der Waals surface area contributed by atoms with Gasteiger partial charge in [-0.25, -0.2) is 4.98 Å². The minimum atomic E-state index is 0.346. The van der Waals surface area contributed by atoms with Crippen molar-refractivity contribution >= 4 is 5.69 Å². The molecule has 0 aromatic carbocycles. The van der Waals surface area contributed by atoms with Crippen molar-refractivity contribution in [2.45, 2.75) is 18.9 Å². The highest BCUT2D eigenvalue weighted by molar-refractivity contribution is 5.58. The zero-order valence-electron chi connectivity index (χ0n) is 8.90. The number of aromatic nitrogens is 1. The SMILES string of the molecule is CN(C)c1cc(C#N)ncc1OC1CC1. The summed E-state index contributed by atoms with van der Waals surface area (Å²) < 4.78 is 5.70. The van der Waals surface area contributed by atoms with E-state index in [0.717, 1.165) is 24.3 Å². The van der Waals surface area contributed by atoms with Gasteiger partial charge in [-0.2, -0.15) is 5.26 Å². The maximum atomic E-state index is 8.76. The van der Waals surface area contributed by atoms with Gasteiger partial charge in [-0.15, -0.1) is 0 Å². The number of rotatable bonds is 3. The minimum Gasteiger partial charge on any atom is -0.487 e. The molecule has 1 heterocycles. The summed E-state index contributed by atoms with van der Waals surface area (Å²) in [6.45, 7) is 0. The predicted molar refractivity (Wildman–Crippen MR) is 56.9 cm³/mol. The summed E-state index contributed by atoms with van der Waals surface area (Å²) in [5.74, 6) is 0.765. The van der Waals surface area contributed by atoms with Crippen LogP contribution in [0.2, 0.25) is 0 Å². The van der Waals surface area contributed by atoms with E-state index >= 15 is 0 Å². The fraction of sp³-hybridized carbons (Fsp3) is 0.455. The van der Waals surface area contributed by atoms with Gasteiger partial charge in [0, 0.05) is 20.2 Å². The van der Waals surface area contributed by atoms with Gasteiger partial charge in [0.25, 0.3) is 0 Å². The van der Waals surface area contributed by atoms with Gasteiger partial charge in [0.1, 0.15) is 11.8 Å². The zero-order valence-corrected chi connectivity index (χ0v) is 8.90. The Morgan fingerprint density at radius 1 is 1.53 bits per heavy atom. The molecule has 1 aromatic rings. The van der Waals surface area contributed by atoms with Crippen LogP contribution in [0, 0.1) is 11.3 Å². The second-order valence-electron chi connectivity index (χ2n) is 3.86. The van der Waals surface area contributed by atoms with Gasteiger partial charge in [0.2, 0.25) is 0 Å². The number of nitriles is 1. The van der Waals surface area contributed by atoms with E-state index in [1.807, 2.05) is 25.1 Å². The number of nitrogens with zero attached hydrogens (tertiary/aromatic N) is 3. The van der Waals surface area contributed by atoms with Gasteiger partial charge in [-0.1, -0.05) is 0 Å². The molecule has 0 unspecified atom stereocenters. The summed E-state index contributed by atoms with van der Waals surface area (Å²) in [5, 5.41) is 8.76. The van der Waals surface area contributed by atoms with Crippen molar-refractivity contribution in [3.8, 4) is 11.8 Å². The van der Waals surface area contributed by atoms with E-state index < -0.39 is 0 Å². The monoisotopic (exact) mass is 203 g/mol. The fourth-order valence-electron chi connectivity index (χ4n) is 1.30.